The van der Waals surface area contributed by atoms with Crippen LogP contribution in [-0.4, -0.2) is 26.1 Å². The van der Waals surface area contributed by atoms with E-state index in [2.05, 4.69) is 4.99 Å². The van der Waals surface area contributed by atoms with Crippen molar-refractivity contribution >= 4 is 29.5 Å². The summed E-state index contributed by atoms with van der Waals surface area (Å²) in [6.45, 7) is 1.93. The zero-order valence-electron chi connectivity index (χ0n) is 15.4. The summed E-state index contributed by atoms with van der Waals surface area (Å²) < 4.78 is 16.0. The van der Waals surface area contributed by atoms with Gasteiger partial charge in [0.15, 0.2) is 11.6 Å². The molecule has 1 aliphatic heterocycles. The van der Waals surface area contributed by atoms with Crippen LogP contribution in [0.1, 0.15) is 23.1 Å². The Hall–Kier alpha value is -2.79. The molecule has 0 saturated heterocycles. The number of carbonyl (C=O) groups is 1. The lowest BCUT2D eigenvalue weighted by molar-refractivity contribution is -0.130. The van der Waals surface area contributed by atoms with Crippen LogP contribution >= 0.6 is 11.6 Å². The molecule has 0 amide bonds. The van der Waals surface area contributed by atoms with E-state index in [1.54, 1.807) is 20.3 Å². The van der Waals surface area contributed by atoms with Crippen molar-refractivity contribution in [1.82, 2.24) is 0 Å². The van der Waals surface area contributed by atoms with Crippen LogP contribution in [0.15, 0.2) is 47.1 Å². The van der Waals surface area contributed by atoms with Crippen LogP contribution in [0.2, 0.25) is 5.02 Å². The van der Waals surface area contributed by atoms with E-state index in [1.165, 1.54) is 0 Å². The summed E-state index contributed by atoms with van der Waals surface area (Å²) in [4.78, 5) is 16.5. The van der Waals surface area contributed by atoms with Gasteiger partial charge in [-0.1, -0.05) is 23.7 Å². The Morgan fingerprint density at radius 2 is 1.78 bits per heavy atom. The van der Waals surface area contributed by atoms with Crippen molar-refractivity contribution in [3.05, 3.63) is 63.8 Å². The first-order chi connectivity index (χ1) is 13.0. The van der Waals surface area contributed by atoms with E-state index >= 15 is 0 Å². The third-order valence-corrected chi connectivity index (χ3v) is 4.50. The molecule has 2 aromatic carbocycles. The number of methoxy groups -OCH3 is 2. The number of carbonyl (C=O) groups excluding carboxylic acids is 1. The van der Waals surface area contributed by atoms with Gasteiger partial charge < -0.3 is 14.2 Å². The van der Waals surface area contributed by atoms with Gasteiger partial charge in [0.25, 0.3) is 0 Å². The Morgan fingerprint density at radius 1 is 1.07 bits per heavy atom. The van der Waals surface area contributed by atoms with E-state index in [0.29, 0.717) is 40.8 Å². The van der Waals surface area contributed by atoms with E-state index in [4.69, 9.17) is 25.8 Å². The fraction of sp³-hybridized carbons (Fsp3) is 0.238. The molecule has 140 valence electrons. The number of aliphatic imine (C=N–C) groups is 1. The predicted molar refractivity (Wildman–Crippen MR) is 106 cm³/mol. The molecule has 1 heterocycles. The van der Waals surface area contributed by atoms with Gasteiger partial charge >= 0.3 is 5.97 Å². The predicted octanol–water partition coefficient (Wildman–Crippen LogP) is 4.59. The summed E-state index contributed by atoms with van der Waals surface area (Å²) in [5.74, 6) is 1.28. The number of rotatable bonds is 6. The average Bonchev–Trinajstić information content (AvgIpc) is 3.01. The second-order valence-corrected chi connectivity index (χ2v) is 6.55. The second kappa shape index (κ2) is 8.27. The SMILES string of the molecule is COc1cc(/C=C2/N=C(CCc3ccc(Cl)cc3)OC2=O)c(OC)cc1C. The molecule has 3 rings (SSSR count). The Morgan fingerprint density at radius 3 is 2.44 bits per heavy atom. The lowest BCUT2D eigenvalue weighted by atomic mass is 10.1. The quantitative estimate of drug-likeness (QED) is 0.539. The number of halogens is 1. The third kappa shape index (κ3) is 4.49. The standard InChI is InChI=1S/C21H20ClNO4/c1-13-10-19(26-3)15(12-18(13)25-2)11-17-21(24)27-20(23-17)9-6-14-4-7-16(22)8-5-14/h4-5,7-8,10-12H,6,9H2,1-3H3/b17-11+. The summed E-state index contributed by atoms with van der Waals surface area (Å²) in [6.07, 6.45) is 2.88. The first-order valence-corrected chi connectivity index (χ1v) is 8.86. The zero-order chi connectivity index (χ0) is 19.4. The molecular formula is C21H20ClNO4. The monoisotopic (exact) mass is 385 g/mol. The highest BCUT2D eigenvalue weighted by Crippen LogP contribution is 2.31. The van der Waals surface area contributed by atoms with Crippen molar-refractivity contribution in [1.29, 1.82) is 0 Å². The molecule has 1 aliphatic rings. The zero-order valence-corrected chi connectivity index (χ0v) is 16.2. The summed E-state index contributed by atoms with van der Waals surface area (Å²) in [5.41, 5.74) is 2.98. The number of esters is 1. The van der Waals surface area contributed by atoms with Crippen LogP contribution in [0.5, 0.6) is 11.5 Å². The van der Waals surface area contributed by atoms with Crippen molar-refractivity contribution < 1.29 is 19.0 Å². The minimum absolute atomic E-state index is 0.241. The third-order valence-electron chi connectivity index (χ3n) is 4.25. The first kappa shape index (κ1) is 19.0. The van der Waals surface area contributed by atoms with Crippen molar-refractivity contribution in [2.75, 3.05) is 14.2 Å². The van der Waals surface area contributed by atoms with E-state index in [-0.39, 0.29) is 5.70 Å². The molecule has 5 nitrogen and oxygen atoms in total. The number of cyclic esters (lactones) is 1. The van der Waals surface area contributed by atoms with Gasteiger partial charge in [0.1, 0.15) is 11.5 Å². The number of aryl methyl sites for hydroxylation is 2. The lowest BCUT2D eigenvalue weighted by Crippen LogP contribution is -2.05. The second-order valence-electron chi connectivity index (χ2n) is 6.11. The molecule has 0 radical (unpaired) electrons. The Bertz CT molecular complexity index is 917. The number of hydrogen-bond acceptors (Lipinski definition) is 5. The van der Waals surface area contributed by atoms with Crippen molar-refractivity contribution in [3.8, 4) is 11.5 Å². The van der Waals surface area contributed by atoms with Crippen LogP contribution in [0.25, 0.3) is 6.08 Å². The van der Waals surface area contributed by atoms with Crippen molar-refractivity contribution in [2.24, 2.45) is 4.99 Å². The molecule has 0 bridgehead atoms. The highest BCUT2D eigenvalue weighted by atomic mass is 35.5. The normalized spacial score (nSPS) is 14.9. The molecule has 27 heavy (non-hydrogen) atoms. The minimum Gasteiger partial charge on any atom is -0.496 e. The maximum Gasteiger partial charge on any atom is 0.363 e. The lowest BCUT2D eigenvalue weighted by Gasteiger charge is -2.10. The van der Waals surface area contributed by atoms with Crippen molar-refractivity contribution in [2.45, 2.75) is 19.8 Å². The Balaban J connectivity index is 1.80. The molecule has 0 saturated carbocycles. The van der Waals surface area contributed by atoms with Crippen LogP contribution in [-0.2, 0) is 16.0 Å². The molecule has 0 fully saturated rings. The van der Waals surface area contributed by atoms with Gasteiger partial charge in [-0.05, 0) is 54.8 Å². The van der Waals surface area contributed by atoms with E-state index in [0.717, 1.165) is 11.1 Å². The molecular weight excluding hydrogens is 366 g/mol. The smallest absolute Gasteiger partial charge is 0.363 e. The Kier molecular flexibility index (Phi) is 5.81. The summed E-state index contributed by atoms with van der Waals surface area (Å²) >= 11 is 5.89. The largest absolute Gasteiger partial charge is 0.496 e. The molecule has 0 spiro atoms. The average molecular weight is 386 g/mol. The number of ether oxygens (including phenoxy) is 3. The highest BCUT2D eigenvalue weighted by molar-refractivity contribution is 6.30. The van der Waals surface area contributed by atoms with Gasteiger partial charge in [-0.25, -0.2) is 9.79 Å². The summed E-state index contributed by atoms with van der Waals surface area (Å²) in [5, 5.41) is 0.691. The maximum atomic E-state index is 12.2. The fourth-order valence-electron chi connectivity index (χ4n) is 2.80. The fourth-order valence-corrected chi connectivity index (χ4v) is 2.92. The number of nitrogens with zero attached hydrogens (tertiary/aromatic N) is 1. The number of hydrogen-bond donors (Lipinski definition) is 0. The van der Waals surface area contributed by atoms with E-state index in [9.17, 15) is 4.79 Å². The maximum absolute atomic E-state index is 12.2. The molecule has 2 aromatic rings. The van der Waals surface area contributed by atoms with Gasteiger partial charge in [-0.2, -0.15) is 0 Å². The van der Waals surface area contributed by atoms with Crippen LogP contribution < -0.4 is 9.47 Å². The van der Waals surface area contributed by atoms with Crippen LogP contribution in [0.4, 0.5) is 0 Å². The summed E-state index contributed by atoms with van der Waals surface area (Å²) in [7, 11) is 3.18. The highest BCUT2D eigenvalue weighted by Gasteiger charge is 2.23. The van der Waals surface area contributed by atoms with Crippen molar-refractivity contribution in [3.63, 3.8) is 0 Å². The first-order valence-electron chi connectivity index (χ1n) is 8.48. The molecule has 0 aliphatic carbocycles. The Labute approximate surface area is 163 Å². The van der Waals surface area contributed by atoms with Gasteiger partial charge in [0.2, 0.25) is 0 Å². The molecule has 6 heteroatoms. The van der Waals surface area contributed by atoms with Gasteiger partial charge in [-0.3, -0.25) is 0 Å². The van der Waals surface area contributed by atoms with Crippen LogP contribution in [0, 0.1) is 6.92 Å². The van der Waals surface area contributed by atoms with Gasteiger partial charge in [0, 0.05) is 17.0 Å². The van der Waals surface area contributed by atoms with E-state index < -0.39 is 5.97 Å². The molecule has 0 unspecified atom stereocenters. The molecule has 0 atom stereocenters. The van der Waals surface area contributed by atoms with E-state index in [1.807, 2.05) is 43.3 Å². The molecule has 0 aromatic heterocycles. The van der Waals surface area contributed by atoms with Gasteiger partial charge in [-0.15, -0.1) is 0 Å². The van der Waals surface area contributed by atoms with Gasteiger partial charge in [0.05, 0.1) is 14.2 Å². The minimum atomic E-state index is -0.470. The summed E-state index contributed by atoms with van der Waals surface area (Å²) in [6, 6.07) is 11.2. The number of benzene rings is 2. The van der Waals surface area contributed by atoms with Crippen LogP contribution in [0.3, 0.4) is 0 Å². The topological polar surface area (TPSA) is 57.1 Å². The molecule has 0 N–H and O–H groups in total.